The van der Waals surface area contributed by atoms with Gasteiger partial charge in [0.15, 0.2) is 0 Å². The highest BCUT2D eigenvalue weighted by Crippen LogP contribution is 2.16. The summed E-state index contributed by atoms with van der Waals surface area (Å²) in [5.41, 5.74) is 0. The molecule has 4 nitrogen and oxygen atoms in total. The first-order valence-electron chi connectivity index (χ1n) is 17.2. The molecule has 0 amide bonds. The maximum absolute atomic E-state index is 11.6. The Bertz CT molecular complexity index is 557. The molecule has 0 rings (SSSR count). The Kier molecular flexibility index (Phi) is 30.2. The minimum Gasteiger partial charge on any atom is -0.481 e. The van der Waals surface area contributed by atoms with Crippen LogP contribution >= 0.6 is 0 Å². The molecule has 1 atom stereocenters. The molecule has 4 heteroatoms. The Balaban J connectivity index is 3.33. The first-order valence-corrected chi connectivity index (χ1v) is 17.2. The van der Waals surface area contributed by atoms with Gasteiger partial charge < -0.3 is 9.84 Å². The van der Waals surface area contributed by atoms with Gasteiger partial charge in [-0.05, 0) is 19.3 Å². The third-order valence-corrected chi connectivity index (χ3v) is 7.76. The molecule has 230 valence electrons. The van der Waals surface area contributed by atoms with Crippen molar-refractivity contribution >= 4 is 11.9 Å². The zero-order valence-corrected chi connectivity index (χ0v) is 26.2. The van der Waals surface area contributed by atoms with Crippen LogP contribution in [0.3, 0.4) is 0 Å². The van der Waals surface area contributed by atoms with Gasteiger partial charge >= 0.3 is 11.9 Å². The van der Waals surface area contributed by atoms with E-state index < -0.39 is 17.9 Å². The first-order chi connectivity index (χ1) is 19.1. The van der Waals surface area contributed by atoms with E-state index in [1.54, 1.807) is 6.08 Å². The molecular weight excluding hydrogens is 484 g/mol. The quantitative estimate of drug-likeness (QED) is 0.0529. The van der Waals surface area contributed by atoms with Gasteiger partial charge in [-0.25, -0.2) is 0 Å². The number of allylic oxidation sites excluding steroid dienone is 1. The van der Waals surface area contributed by atoms with Gasteiger partial charge in [-0.3, -0.25) is 9.59 Å². The van der Waals surface area contributed by atoms with Crippen LogP contribution in [0.5, 0.6) is 0 Å². The Hall–Kier alpha value is -1.32. The largest absolute Gasteiger partial charge is 0.481 e. The lowest BCUT2D eigenvalue weighted by Crippen LogP contribution is -2.17. The molecule has 0 radical (unpaired) electrons. The third kappa shape index (κ3) is 29.5. The number of esters is 1. The lowest BCUT2D eigenvalue weighted by atomic mass is 10.0. The van der Waals surface area contributed by atoms with Crippen molar-refractivity contribution in [2.45, 2.75) is 187 Å². The first kappa shape index (κ1) is 37.7. The number of carboxylic acid groups (broad SMARTS) is 1. The van der Waals surface area contributed by atoms with Crippen LogP contribution in [0, 0.1) is 5.92 Å². The summed E-state index contributed by atoms with van der Waals surface area (Å²) < 4.78 is 5.00. The predicted octanol–water partition coefficient (Wildman–Crippen LogP) is 11.4. The summed E-state index contributed by atoms with van der Waals surface area (Å²) in [6.07, 6.45) is 38.5. The molecule has 0 aromatic rings. The van der Waals surface area contributed by atoms with E-state index in [9.17, 15) is 14.7 Å². The number of carboxylic acids is 1. The monoisotopic (exact) mass is 550 g/mol. The maximum Gasteiger partial charge on any atom is 0.310 e. The van der Waals surface area contributed by atoms with Gasteiger partial charge in [0.2, 0.25) is 0 Å². The van der Waals surface area contributed by atoms with Crippen LogP contribution in [0.15, 0.2) is 12.2 Å². The minimum atomic E-state index is -0.959. The Morgan fingerprint density at radius 3 is 1.26 bits per heavy atom. The van der Waals surface area contributed by atoms with E-state index in [0.29, 0.717) is 6.61 Å². The van der Waals surface area contributed by atoms with Gasteiger partial charge in [-0.15, -0.1) is 0 Å². The van der Waals surface area contributed by atoms with E-state index >= 15 is 0 Å². The number of rotatable bonds is 31. The highest BCUT2D eigenvalue weighted by atomic mass is 16.5. The van der Waals surface area contributed by atoms with Crippen LogP contribution in [-0.2, 0) is 14.3 Å². The van der Waals surface area contributed by atoms with Crippen molar-refractivity contribution in [1.82, 2.24) is 0 Å². The van der Waals surface area contributed by atoms with Crippen LogP contribution in [-0.4, -0.2) is 23.7 Å². The third-order valence-electron chi connectivity index (χ3n) is 7.76. The van der Waals surface area contributed by atoms with Crippen molar-refractivity contribution in [3.63, 3.8) is 0 Å². The number of hydrogen-bond acceptors (Lipinski definition) is 3. The van der Waals surface area contributed by atoms with E-state index in [0.717, 1.165) is 19.3 Å². The average Bonchev–Trinajstić information content (AvgIpc) is 2.93. The highest BCUT2D eigenvalue weighted by Gasteiger charge is 2.18. The second kappa shape index (κ2) is 31.2. The fourth-order valence-corrected chi connectivity index (χ4v) is 5.18. The van der Waals surface area contributed by atoms with Crippen LogP contribution < -0.4 is 0 Å². The second-order valence-electron chi connectivity index (χ2n) is 11.7. The maximum atomic E-state index is 11.6. The fraction of sp³-hybridized carbons (Fsp3) is 0.886. The summed E-state index contributed by atoms with van der Waals surface area (Å²) in [4.78, 5) is 23.0. The molecule has 0 heterocycles. The molecule has 0 saturated heterocycles. The van der Waals surface area contributed by atoms with Gasteiger partial charge in [0.1, 0.15) is 0 Å². The van der Waals surface area contributed by atoms with Gasteiger partial charge in [0.25, 0.3) is 0 Å². The summed E-state index contributed by atoms with van der Waals surface area (Å²) in [6, 6.07) is 0. The molecule has 0 aliphatic heterocycles. The molecule has 0 aromatic carbocycles. The number of unbranched alkanes of at least 4 members (excludes halogenated alkanes) is 24. The Labute approximate surface area is 243 Å². The number of ether oxygens (including phenoxy) is 1. The molecule has 0 bridgehead atoms. The van der Waals surface area contributed by atoms with Crippen LogP contribution in [0.25, 0.3) is 0 Å². The number of carbonyl (C=O) groups is 2. The van der Waals surface area contributed by atoms with Crippen molar-refractivity contribution in [2.24, 2.45) is 5.92 Å². The standard InChI is InChI=1S/C35H66O4/c1-3-5-6-7-8-9-10-11-12-13-14-15-16-17-18-19-20-21-22-23-24-25-26-27-28-29-30-33(35(37)38)32-34(36)39-31-4-2/h29-30,33H,3-28,31-32H2,1-2H3,(H,37,38)/b30-29+. The molecule has 0 aliphatic rings. The molecule has 1 unspecified atom stereocenters. The molecule has 0 aromatic heterocycles. The lowest BCUT2D eigenvalue weighted by Gasteiger charge is -2.07. The topological polar surface area (TPSA) is 63.6 Å². The van der Waals surface area contributed by atoms with Gasteiger partial charge in [0, 0.05) is 0 Å². The lowest BCUT2D eigenvalue weighted by molar-refractivity contribution is -0.150. The van der Waals surface area contributed by atoms with Crippen molar-refractivity contribution in [3.8, 4) is 0 Å². The van der Waals surface area contributed by atoms with Gasteiger partial charge in [-0.1, -0.05) is 174 Å². The zero-order valence-electron chi connectivity index (χ0n) is 26.2. The summed E-state index contributed by atoms with van der Waals surface area (Å²) in [6.45, 7) is 4.57. The molecule has 1 N–H and O–H groups in total. The zero-order chi connectivity index (χ0) is 28.7. The fourth-order valence-electron chi connectivity index (χ4n) is 5.18. The van der Waals surface area contributed by atoms with Crippen molar-refractivity contribution < 1.29 is 19.4 Å². The van der Waals surface area contributed by atoms with Crippen LogP contribution in [0.1, 0.15) is 187 Å². The van der Waals surface area contributed by atoms with E-state index in [4.69, 9.17) is 4.74 Å². The molecule has 0 fully saturated rings. The van der Waals surface area contributed by atoms with Gasteiger partial charge in [0.05, 0.1) is 18.9 Å². The number of aliphatic carboxylic acids is 1. The van der Waals surface area contributed by atoms with E-state index in [1.165, 1.54) is 148 Å². The summed E-state index contributed by atoms with van der Waals surface area (Å²) in [5.74, 6) is -2.16. The highest BCUT2D eigenvalue weighted by molar-refractivity contribution is 5.80. The van der Waals surface area contributed by atoms with E-state index in [-0.39, 0.29) is 6.42 Å². The Morgan fingerprint density at radius 2 is 0.923 bits per heavy atom. The summed E-state index contributed by atoms with van der Waals surface area (Å²) in [7, 11) is 0. The van der Waals surface area contributed by atoms with Crippen LogP contribution in [0.4, 0.5) is 0 Å². The van der Waals surface area contributed by atoms with E-state index in [1.807, 2.05) is 13.0 Å². The Morgan fingerprint density at radius 1 is 0.564 bits per heavy atom. The average molecular weight is 551 g/mol. The van der Waals surface area contributed by atoms with Gasteiger partial charge in [-0.2, -0.15) is 0 Å². The second-order valence-corrected chi connectivity index (χ2v) is 11.7. The van der Waals surface area contributed by atoms with Crippen molar-refractivity contribution in [2.75, 3.05) is 6.61 Å². The van der Waals surface area contributed by atoms with Crippen molar-refractivity contribution in [3.05, 3.63) is 12.2 Å². The SMILES string of the molecule is CCCCCCCCCCCCCCCCCCCCCCCCCC/C=C/C(CC(=O)OCCC)C(=O)O. The molecule has 0 aliphatic carbocycles. The smallest absolute Gasteiger partial charge is 0.310 e. The number of hydrogen-bond donors (Lipinski definition) is 1. The predicted molar refractivity (Wildman–Crippen MR) is 167 cm³/mol. The minimum absolute atomic E-state index is 0.0781. The molecular formula is C35H66O4. The molecule has 0 saturated carbocycles. The normalized spacial score (nSPS) is 12.3. The summed E-state index contributed by atoms with van der Waals surface area (Å²) >= 11 is 0. The van der Waals surface area contributed by atoms with E-state index in [2.05, 4.69) is 6.92 Å². The van der Waals surface area contributed by atoms with Crippen LogP contribution in [0.2, 0.25) is 0 Å². The molecule has 39 heavy (non-hydrogen) atoms. The van der Waals surface area contributed by atoms with Crippen molar-refractivity contribution in [1.29, 1.82) is 0 Å². The molecule has 0 spiro atoms. The summed E-state index contributed by atoms with van der Waals surface area (Å²) in [5, 5.41) is 9.28. The number of carbonyl (C=O) groups excluding carboxylic acids is 1.